The minimum Gasteiger partial charge on any atom is -0.503 e. The molecule has 0 spiro atoms. The van der Waals surface area contributed by atoms with Crippen LogP contribution in [0.4, 0.5) is 4.39 Å². The van der Waals surface area contributed by atoms with Crippen molar-refractivity contribution in [2.75, 3.05) is 0 Å². The smallest absolute Gasteiger partial charge is 0.256 e. The van der Waals surface area contributed by atoms with Crippen LogP contribution < -0.4 is 0 Å². The van der Waals surface area contributed by atoms with Crippen LogP contribution in [0.15, 0.2) is 16.7 Å². The van der Waals surface area contributed by atoms with E-state index in [4.69, 9.17) is 5.11 Å². The molecule has 0 saturated heterocycles. The van der Waals surface area contributed by atoms with Gasteiger partial charge in [-0.25, -0.2) is 4.98 Å². The van der Waals surface area contributed by atoms with Crippen molar-refractivity contribution in [1.29, 1.82) is 0 Å². The topological polar surface area (TPSA) is 33.1 Å². The Morgan fingerprint density at radius 3 is 2.78 bits per heavy atom. The van der Waals surface area contributed by atoms with Crippen molar-refractivity contribution in [1.82, 2.24) is 4.98 Å². The Bertz CT molecular complexity index is 208. The lowest BCUT2D eigenvalue weighted by Gasteiger charge is -1.93. The summed E-state index contributed by atoms with van der Waals surface area (Å²) < 4.78 is 12.5. The van der Waals surface area contributed by atoms with Gasteiger partial charge in [0, 0.05) is 6.20 Å². The number of hydrogen-bond donors (Lipinski definition) is 1. The molecular weight excluding hydrogens is 189 g/mol. The Labute approximate surface area is 59.5 Å². The van der Waals surface area contributed by atoms with Gasteiger partial charge in [-0.2, -0.15) is 4.39 Å². The van der Waals surface area contributed by atoms with Crippen LogP contribution in [0.3, 0.4) is 0 Å². The summed E-state index contributed by atoms with van der Waals surface area (Å²) in [6, 6.07) is 1.46. The molecule has 0 aliphatic carbocycles. The minimum absolute atomic E-state index is 0.315. The summed E-state index contributed by atoms with van der Waals surface area (Å²) in [6.07, 6.45) is 1.26. The summed E-state index contributed by atoms with van der Waals surface area (Å²) >= 11 is 2.92. The van der Waals surface area contributed by atoms with E-state index in [1.54, 1.807) is 0 Å². The molecule has 0 bridgehead atoms. The minimum atomic E-state index is -0.857. The number of rotatable bonds is 0. The van der Waals surface area contributed by atoms with Gasteiger partial charge in [-0.1, -0.05) is 0 Å². The molecule has 0 saturated carbocycles. The molecule has 1 rings (SSSR count). The van der Waals surface area contributed by atoms with E-state index in [1.165, 1.54) is 12.3 Å². The van der Waals surface area contributed by atoms with Crippen LogP contribution >= 0.6 is 15.9 Å². The van der Waals surface area contributed by atoms with Crippen molar-refractivity contribution in [3.8, 4) is 5.75 Å². The van der Waals surface area contributed by atoms with Gasteiger partial charge in [0.15, 0.2) is 5.75 Å². The van der Waals surface area contributed by atoms with Crippen molar-refractivity contribution in [3.63, 3.8) is 0 Å². The van der Waals surface area contributed by atoms with E-state index in [0.29, 0.717) is 4.47 Å². The van der Waals surface area contributed by atoms with Crippen LogP contribution in [0, 0.1) is 5.95 Å². The molecule has 1 aromatic rings. The molecule has 1 heterocycles. The predicted octanol–water partition coefficient (Wildman–Crippen LogP) is 1.69. The molecule has 0 atom stereocenters. The molecule has 1 N–H and O–H groups in total. The van der Waals surface area contributed by atoms with E-state index in [2.05, 4.69) is 20.9 Å². The fraction of sp³-hybridized carbons (Fsp3) is 0. The standard InChI is InChI=1S/C5H3BrFNO/c6-3-1-2-8-5(7)4(3)9/h1-2,9H. The second kappa shape index (κ2) is 2.31. The second-order valence-electron chi connectivity index (χ2n) is 1.43. The summed E-state index contributed by atoms with van der Waals surface area (Å²) in [5, 5.41) is 8.72. The van der Waals surface area contributed by atoms with Gasteiger partial charge >= 0.3 is 0 Å². The molecule has 48 valence electrons. The maximum atomic E-state index is 12.2. The molecule has 0 amide bonds. The highest BCUT2D eigenvalue weighted by Gasteiger charge is 2.02. The van der Waals surface area contributed by atoms with Crippen LogP contribution in [-0.4, -0.2) is 10.1 Å². The maximum Gasteiger partial charge on any atom is 0.256 e. The summed E-state index contributed by atoms with van der Waals surface area (Å²) in [7, 11) is 0. The van der Waals surface area contributed by atoms with E-state index in [-0.39, 0.29) is 0 Å². The van der Waals surface area contributed by atoms with Gasteiger partial charge in [0.2, 0.25) is 0 Å². The molecule has 2 nitrogen and oxygen atoms in total. The van der Waals surface area contributed by atoms with E-state index >= 15 is 0 Å². The first-order valence-corrected chi connectivity index (χ1v) is 3.00. The third-order valence-corrected chi connectivity index (χ3v) is 1.47. The van der Waals surface area contributed by atoms with Crippen LogP contribution in [-0.2, 0) is 0 Å². The summed E-state index contributed by atoms with van der Waals surface area (Å²) in [6.45, 7) is 0. The molecule has 0 aromatic carbocycles. The van der Waals surface area contributed by atoms with Crippen LogP contribution in [0.2, 0.25) is 0 Å². The van der Waals surface area contributed by atoms with Gasteiger partial charge in [0.05, 0.1) is 4.47 Å². The number of pyridine rings is 1. The molecule has 0 unspecified atom stereocenters. The normalized spacial score (nSPS) is 9.56. The van der Waals surface area contributed by atoms with E-state index in [1.807, 2.05) is 0 Å². The Morgan fingerprint density at radius 2 is 2.33 bits per heavy atom. The van der Waals surface area contributed by atoms with Gasteiger partial charge in [0.25, 0.3) is 5.95 Å². The molecule has 0 aliphatic heterocycles. The number of aromatic nitrogens is 1. The average molecular weight is 192 g/mol. The van der Waals surface area contributed by atoms with Crippen LogP contribution in [0.5, 0.6) is 5.75 Å². The fourth-order valence-electron chi connectivity index (χ4n) is 0.407. The summed E-state index contributed by atoms with van der Waals surface area (Å²) in [4.78, 5) is 3.19. The van der Waals surface area contributed by atoms with Crippen LogP contribution in [0.25, 0.3) is 0 Å². The van der Waals surface area contributed by atoms with Gasteiger partial charge in [-0.05, 0) is 22.0 Å². The van der Waals surface area contributed by atoms with Gasteiger partial charge in [0.1, 0.15) is 0 Å². The van der Waals surface area contributed by atoms with Crippen molar-refractivity contribution >= 4 is 15.9 Å². The molecule has 4 heteroatoms. The SMILES string of the molecule is Oc1c(Br)ccnc1F. The van der Waals surface area contributed by atoms with Crippen molar-refractivity contribution in [2.45, 2.75) is 0 Å². The van der Waals surface area contributed by atoms with E-state index < -0.39 is 11.7 Å². The molecular formula is C5H3BrFNO. The average Bonchev–Trinajstić information content (AvgIpc) is 1.83. The summed E-state index contributed by atoms with van der Waals surface area (Å²) in [5.74, 6) is -1.30. The quantitative estimate of drug-likeness (QED) is 0.634. The fourth-order valence-corrected chi connectivity index (χ4v) is 0.689. The lowest BCUT2D eigenvalue weighted by Crippen LogP contribution is -1.81. The van der Waals surface area contributed by atoms with Gasteiger partial charge in [-0.3, -0.25) is 0 Å². The third kappa shape index (κ3) is 1.18. The Kier molecular flexibility index (Phi) is 1.66. The lowest BCUT2D eigenvalue weighted by atomic mass is 10.5. The first-order chi connectivity index (χ1) is 4.22. The molecule has 1 aromatic heterocycles. The maximum absolute atomic E-state index is 12.2. The van der Waals surface area contributed by atoms with Crippen LogP contribution in [0.1, 0.15) is 0 Å². The molecule has 9 heavy (non-hydrogen) atoms. The number of halogens is 2. The Morgan fingerprint density at radius 1 is 1.67 bits per heavy atom. The van der Waals surface area contributed by atoms with Crippen molar-refractivity contribution in [3.05, 3.63) is 22.7 Å². The zero-order valence-corrected chi connectivity index (χ0v) is 5.89. The highest BCUT2D eigenvalue weighted by molar-refractivity contribution is 9.10. The second-order valence-corrected chi connectivity index (χ2v) is 2.29. The Balaban J connectivity index is 3.25. The number of aromatic hydroxyl groups is 1. The van der Waals surface area contributed by atoms with Gasteiger partial charge < -0.3 is 5.11 Å². The molecule has 0 radical (unpaired) electrons. The molecule has 0 fully saturated rings. The summed E-state index contributed by atoms with van der Waals surface area (Å²) in [5.41, 5.74) is 0. The van der Waals surface area contributed by atoms with E-state index in [9.17, 15) is 4.39 Å². The zero-order valence-electron chi connectivity index (χ0n) is 4.31. The first kappa shape index (κ1) is 6.48. The van der Waals surface area contributed by atoms with Gasteiger partial charge in [-0.15, -0.1) is 0 Å². The largest absolute Gasteiger partial charge is 0.503 e. The highest BCUT2D eigenvalue weighted by Crippen LogP contribution is 2.23. The molecule has 0 aliphatic rings. The first-order valence-electron chi connectivity index (χ1n) is 2.21. The monoisotopic (exact) mass is 191 g/mol. The zero-order chi connectivity index (χ0) is 6.85. The highest BCUT2D eigenvalue weighted by atomic mass is 79.9. The number of hydrogen-bond acceptors (Lipinski definition) is 2. The van der Waals surface area contributed by atoms with E-state index in [0.717, 1.165) is 0 Å². The van der Waals surface area contributed by atoms with Crippen molar-refractivity contribution < 1.29 is 9.50 Å². The third-order valence-electron chi connectivity index (χ3n) is 0.830. The van der Waals surface area contributed by atoms with Crippen molar-refractivity contribution in [2.24, 2.45) is 0 Å². The number of nitrogens with zero attached hydrogens (tertiary/aromatic N) is 1. The Hall–Kier alpha value is -0.640. The lowest BCUT2D eigenvalue weighted by molar-refractivity contribution is 0.415. The predicted molar refractivity (Wildman–Crippen MR) is 33.6 cm³/mol.